The zero-order chi connectivity index (χ0) is 21.8. The molecule has 1 aromatic carbocycles. The van der Waals surface area contributed by atoms with Gasteiger partial charge in [0.1, 0.15) is 5.75 Å². The minimum atomic E-state index is -0.555. The summed E-state index contributed by atoms with van der Waals surface area (Å²) in [5.41, 5.74) is 0.364. The van der Waals surface area contributed by atoms with Gasteiger partial charge in [0, 0.05) is 18.4 Å². The Bertz CT molecular complexity index is 846. The van der Waals surface area contributed by atoms with Crippen LogP contribution in [-0.4, -0.2) is 39.9 Å². The summed E-state index contributed by atoms with van der Waals surface area (Å²) >= 11 is 0. The van der Waals surface area contributed by atoms with Crippen LogP contribution in [0, 0.1) is 11.3 Å². The number of hydrogen-bond acceptors (Lipinski definition) is 6. The second-order valence-corrected chi connectivity index (χ2v) is 9.31. The fourth-order valence-electron chi connectivity index (χ4n) is 4.92. The molecule has 7 heteroatoms. The third-order valence-corrected chi connectivity index (χ3v) is 5.62. The molecule has 0 bridgehead atoms. The number of benzene rings is 1. The largest absolute Gasteiger partial charge is 0.494 e. The summed E-state index contributed by atoms with van der Waals surface area (Å²) in [6, 6.07) is 7.49. The number of nitrogens with one attached hydrogen (secondary N) is 1. The molecule has 3 rings (SSSR count). The lowest BCUT2D eigenvalue weighted by molar-refractivity contribution is -0.125. The van der Waals surface area contributed by atoms with E-state index in [-0.39, 0.29) is 24.3 Å². The Balaban J connectivity index is 1.57. The van der Waals surface area contributed by atoms with Crippen LogP contribution in [0.15, 0.2) is 28.8 Å². The quantitative estimate of drug-likeness (QED) is 0.681. The molecule has 30 heavy (non-hydrogen) atoms. The van der Waals surface area contributed by atoms with Gasteiger partial charge in [-0.2, -0.15) is 4.98 Å². The van der Waals surface area contributed by atoms with Crippen molar-refractivity contribution >= 4 is 5.91 Å². The van der Waals surface area contributed by atoms with E-state index in [9.17, 15) is 9.90 Å². The maximum atomic E-state index is 12.6. The van der Waals surface area contributed by atoms with Gasteiger partial charge in [0.05, 0.1) is 18.8 Å². The predicted molar refractivity (Wildman–Crippen MR) is 114 cm³/mol. The number of aryl methyl sites for hydroxylation is 1. The van der Waals surface area contributed by atoms with E-state index in [0.717, 1.165) is 30.6 Å². The number of hydrogen-bond donors (Lipinski definition) is 2. The third-order valence-electron chi connectivity index (χ3n) is 5.62. The van der Waals surface area contributed by atoms with E-state index in [1.807, 2.05) is 31.2 Å². The van der Waals surface area contributed by atoms with Crippen molar-refractivity contribution < 1.29 is 19.2 Å². The van der Waals surface area contributed by atoms with Gasteiger partial charge >= 0.3 is 0 Å². The minimum Gasteiger partial charge on any atom is -0.494 e. The van der Waals surface area contributed by atoms with Crippen LogP contribution in [0.2, 0.25) is 0 Å². The number of carbonyl (C=O) groups is 1. The lowest BCUT2D eigenvalue weighted by atomic mass is 9.64. The predicted octanol–water partition coefficient (Wildman–Crippen LogP) is 3.76. The molecule has 1 aliphatic carbocycles. The van der Waals surface area contributed by atoms with Gasteiger partial charge in [0.15, 0.2) is 0 Å². The van der Waals surface area contributed by atoms with Gasteiger partial charge in [-0.3, -0.25) is 4.79 Å². The van der Waals surface area contributed by atoms with E-state index < -0.39 is 5.54 Å². The van der Waals surface area contributed by atoms with Gasteiger partial charge in [-0.05, 0) is 61.8 Å². The molecule has 7 nitrogen and oxygen atoms in total. The SMILES string of the molecule is CCOc1ccc(-c2noc(CCC(=O)N[C@@]3(CO)C[C@H](C)CC(C)(C)C3)n2)cc1. The molecular weight excluding hydrogens is 382 g/mol. The molecule has 2 aromatic rings. The highest BCUT2D eigenvalue weighted by atomic mass is 16.5. The van der Waals surface area contributed by atoms with Gasteiger partial charge < -0.3 is 19.7 Å². The first-order valence-electron chi connectivity index (χ1n) is 10.7. The van der Waals surface area contributed by atoms with Crippen molar-refractivity contribution in [2.75, 3.05) is 13.2 Å². The molecule has 0 saturated heterocycles. The van der Waals surface area contributed by atoms with Gasteiger partial charge in [0.2, 0.25) is 17.6 Å². The van der Waals surface area contributed by atoms with E-state index in [2.05, 4.69) is 36.2 Å². The van der Waals surface area contributed by atoms with Crippen LogP contribution < -0.4 is 10.1 Å². The Kier molecular flexibility index (Phi) is 6.81. The Morgan fingerprint density at radius 2 is 2.03 bits per heavy atom. The number of aliphatic hydroxyl groups is 1. The highest BCUT2D eigenvalue weighted by Gasteiger charge is 2.43. The zero-order valence-corrected chi connectivity index (χ0v) is 18.4. The smallest absolute Gasteiger partial charge is 0.227 e. The molecule has 1 heterocycles. The molecule has 1 aliphatic rings. The zero-order valence-electron chi connectivity index (χ0n) is 18.4. The van der Waals surface area contributed by atoms with Crippen LogP contribution in [0.1, 0.15) is 59.3 Å². The molecule has 1 fully saturated rings. The van der Waals surface area contributed by atoms with E-state index in [0.29, 0.717) is 30.7 Å². The number of ether oxygens (including phenoxy) is 1. The summed E-state index contributed by atoms with van der Waals surface area (Å²) in [6.07, 6.45) is 3.26. The van der Waals surface area contributed by atoms with Crippen molar-refractivity contribution in [3.05, 3.63) is 30.2 Å². The fraction of sp³-hybridized carbons (Fsp3) is 0.609. The first kappa shape index (κ1) is 22.3. The van der Waals surface area contributed by atoms with Crippen LogP contribution in [0.25, 0.3) is 11.4 Å². The summed E-state index contributed by atoms with van der Waals surface area (Å²) in [5.74, 6) is 2.05. The molecule has 1 aromatic heterocycles. The monoisotopic (exact) mass is 415 g/mol. The second kappa shape index (κ2) is 9.16. The van der Waals surface area contributed by atoms with Crippen molar-refractivity contribution in [1.82, 2.24) is 15.5 Å². The van der Waals surface area contributed by atoms with E-state index >= 15 is 0 Å². The Labute approximate surface area is 178 Å². The molecule has 0 radical (unpaired) electrons. The maximum Gasteiger partial charge on any atom is 0.227 e. The second-order valence-electron chi connectivity index (χ2n) is 9.31. The summed E-state index contributed by atoms with van der Waals surface area (Å²) in [4.78, 5) is 17.0. The van der Waals surface area contributed by atoms with Crippen LogP contribution in [-0.2, 0) is 11.2 Å². The number of rotatable bonds is 8. The first-order valence-corrected chi connectivity index (χ1v) is 10.7. The third kappa shape index (κ3) is 5.59. The summed E-state index contributed by atoms with van der Waals surface area (Å²) in [6.45, 7) is 9.07. The Morgan fingerprint density at radius 1 is 1.30 bits per heavy atom. The highest BCUT2D eigenvalue weighted by Crippen LogP contribution is 2.43. The molecular formula is C23H33N3O4. The fourth-order valence-corrected chi connectivity index (χ4v) is 4.92. The minimum absolute atomic E-state index is 0.0467. The number of amides is 1. The van der Waals surface area contributed by atoms with E-state index in [1.165, 1.54) is 0 Å². The van der Waals surface area contributed by atoms with E-state index in [1.54, 1.807) is 0 Å². The van der Waals surface area contributed by atoms with Crippen molar-refractivity contribution in [3.63, 3.8) is 0 Å². The van der Waals surface area contributed by atoms with Gasteiger partial charge in [0.25, 0.3) is 0 Å². The lowest BCUT2D eigenvalue weighted by Gasteiger charge is -2.47. The van der Waals surface area contributed by atoms with Crippen LogP contribution >= 0.6 is 0 Å². The maximum absolute atomic E-state index is 12.6. The number of carbonyl (C=O) groups excluding carboxylic acids is 1. The molecule has 2 atom stereocenters. The van der Waals surface area contributed by atoms with Gasteiger partial charge in [-0.1, -0.05) is 25.9 Å². The van der Waals surface area contributed by atoms with E-state index in [4.69, 9.17) is 9.26 Å². The van der Waals surface area contributed by atoms with Crippen molar-refractivity contribution in [3.8, 4) is 17.1 Å². The average molecular weight is 416 g/mol. The van der Waals surface area contributed by atoms with Crippen molar-refractivity contribution in [2.45, 2.75) is 65.3 Å². The molecule has 1 amide bonds. The van der Waals surface area contributed by atoms with Crippen molar-refractivity contribution in [2.24, 2.45) is 11.3 Å². The van der Waals surface area contributed by atoms with Gasteiger partial charge in [-0.25, -0.2) is 0 Å². The summed E-state index contributed by atoms with van der Waals surface area (Å²) < 4.78 is 10.8. The molecule has 1 saturated carbocycles. The molecule has 0 unspecified atom stereocenters. The molecule has 164 valence electrons. The highest BCUT2D eigenvalue weighted by molar-refractivity contribution is 5.77. The van der Waals surface area contributed by atoms with Crippen LogP contribution in [0.3, 0.4) is 0 Å². The normalized spacial score (nSPS) is 23.2. The van der Waals surface area contributed by atoms with Crippen molar-refractivity contribution in [1.29, 1.82) is 0 Å². The average Bonchev–Trinajstić information content (AvgIpc) is 3.15. The Morgan fingerprint density at radius 3 is 2.67 bits per heavy atom. The molecule has 0 spiro atoms. The van der Waals surface area contributed by atoms with Crippen LogP contribution in [0.4, 0.5) is 0 Å². The number of nitrogens with zero attached hydrogens (tertiary/aromatic N) is 2. The first-order chi connectivity index (χ1) is 14.2. The topological polar surface area (TPSA) is 97.5 Å². The van der Waals surface area contributed by atoms with Gasteiger partial charge in [-0.15, -0.1) is 0 Å². The molecule has 0 aliphatic heterocycles. The molecule has 2 N–H and O–H groups in total. The Hall–Kier alpha value is -2.41. The lowest BCUT2D eigenvalue weighted by Crippen LogP contribution is -2.57. The summed E-state index contributed by atoms with van der Waals surface area (Å²) in [5, 5.41) is 17.2. The summed E-state index contributed by atoms with van der Waals surface area (Å²) in [7, 11) is 0. The number of aromatic nitrogens is 2. The van der Waals surface area contributed by atoms with Crippen LogP contribution in [0.5, 0.6) is 5.75 Å². The standard InChI is InChI=1S/C23H33N3O4/c1-5-29-18-8-6-17(7-9-18)21-24-20(30-26-21)11-10-19(28)25-23(15-27)13-16(2)12-22(3,4)14-23/h6-9,16,27H,5,10-15H2,1-4H3,(H,25,28)/t16-,23+/m1/s1. The number of aliphatic hydroxyl groups excluding tert-OH is 1.